The van der Waals surface area contributed by atoms with Gasteiger partial charge >= 0.3 is 5.97 Å². The minimum atomic E-state index is -4.27. The Morgan fingerprint density at radius 2 is 2.00 bits per heavy atom. The molecule has 0 aliphatic heterocycles. The highest BCUT2D eigenvalue weighted by molar-refractivity contribution is 7.89. The number of rotatable bonds is 6. The van der Waals surface area contributed by atoms with Gasteiger partial charge in [-0.2, -0.15) is 4.72 Å². The third kappa shape index (κ3) is 3.49. The molecule has 0 bridgehead atoms. The van der Waals surface area contributed by atoms with Gasteiger partial charge < -0.3 is 10.2 Å². The van der Waals surface area contributed by atoms with E-state index in [1.54, 1.807) is 0 Å². The van der Waals surface area contributed by atoms with Crippen LogP contribution in [0.15, 0.2) is 29.2 Å². The molecule has 0 saturated heterocycles. The minimum Gasteiger partial charge on any atom is -0.480 e. The zero-order valence-corrected chi connectivity index (χ0v) is 10.0. The topological polar surface area (TPSA) is 104 Å². The SMILES string of the molecule is O=C(O)[C@H](CCO)NS(=O)(=O)c1ccccc1F. The normalized spacial score (nSPS) is 13.2. The number of carbonyl (C=O) groups is 1. The molecule has 0 heterocycles. The predicted molar refractivity (Wildman–Crippen MR) is 59.8 cm³/mol. The Balaban J connectivity index is 3.01. The molecule has 0 amide bonds. The first-order valence-corrected chi connectivity index (χ1v) is 6.47. The molecule has 1 aromatic rings. The van der Waals surface area contributed by atoms with Crippen molar-refractivity contribution in [3.63, 3.8) is 0 Å². The molecule has 6 nitrogen and oxygen atoms in total. The number of aliphatic hydroxyl groups excluding tert-OH is 1. The number of carboxylic acid groups (broad SMARTS) is 1. The van der Waals surface area contributed by atoms with Gasteiger partial charge in [-0.3, -0.25) is 4.79 Å². The van der Waals surface area contributed by atoms with Gasteiger partial charge in [-0.1, -0.05) is 12.1 Å². The Labute approximate surface area is 103 Å². The van der Waals surface area contributed by atoms with Crippen molar-refractivity contribution in [2.24, 2.45) is 0 Å². The smallest absolute Gasteiger partial charge is 0.321 e. The van der Waals surface area contributed by atoms with Gasteiger partial charge in [-0.05, 0) is 18.6 Å². The van der Waals surface area contributed by atoms with Crippen molar-refractivity contribution < 1.29 is 27.8 Å². The fourth-order valence-electron chi connectivity index (χ4n) is 1.28. The van der Waals surface area contributed by atoms with E-state index in [0.29, 0.717) is 0 Å². The third-order valence-corrected chi connectivity index (χ3v) is 3.64. The molecular weight excluding hydrogens is 265 g/mol. The standard InChI is InChI=1S/C10H12FNO5S/c11-7-3-1-2-4-9(7)18(16,17)12-8(5-6-13)10(14)15/h1-4,8,12-13H,5-6H2,(H,14,15)/t8-/m0/s1. The zero-order chi connectivity index (χ0) is 13.8. The molecule has 1 rings (SSSR count). The summed E-state index contributed by atoms with van der Waals surface area (Å²) in [7, 11) is -4.27. The summed E-state index contributed by atoms with van der Waals surface area (Å²) in [6, 6.07) is 3.11. The number of hydrogen-bond acceptors (Lipinski definition) is 4. The average Bonchev–Trinajstić information content (AvgIpc) is 2.28. The Bertz CT molecular complexity index is 531. The van der Waals surface area contributed by atoms with Crippen molar-refractivity contribution in [3.05, 3.63) is 30.1 Å². The maximum absolute atomic E-state index is 13.3. The second-order valence-corrected chi connectivity index (χ2v) is 5.14. The van der Waals surface area contributed by atoms with Crippen molar-refractivity contribution in [1.82, 2.24) is 4.72 Å². The van der Waals surface area contributed by atoms with Crippen molar-refractivity contribution in [2.45, 2.75) is 17.4 Å². The lowest BCUT2D eigenvalue weighted by Gasteiger charge is -2.13. The van der Waals surface area contributed by atoms with Crippen LogP contribution >= 0.6 is 0 Å². The Morgan fingerprint density at radius 3 is 2.50 bits per heavy atom. The zero-order valence-electron chi connectivity index (χ0n) is 9.21. The van der Waals surface area contributed by atoms with Crippen LogP contribution in [-0.4, -0.2) is 37.2 Å². The van der Waals surface area contributed by atoms with Gasteiger partial charge in [-0.25, -0.2) is 12.8 Å². The van der Waals surface area contributed by atoms with Crippen molar-refractivity contribution in [3.8, 4) is 0 Å². The summed E-state index contributed by atoms with van der Waals surface area (Å²) in [5, 5.41) is 17.4. The lowest BCUT2D eigenvalue weighted by Crippen LogP contribution is -2.41. The maximum Gasteiger partial charge on any atom is 0.321 e. The molecule has 0 aromatic heterocycles. The van der Waals surface area contributed by atoms with Gasteiger partial charge in [0.05, 0.1) is 0 Å². The summed E-state index contributed by atoms with van der Waals surface area (Å²) < 4.78 is 38.6. The van der Waals surface area contributed by atoms with Crippen LogP contribution in [-0.2, 0) is 14.8 Å². The van der Waals surface area contributed by atoms with E-state index in [9.17, 15) is 17.6 Å². The van der Waals surface area contributed by atoms with Gasteiger partial charge in [0.15, 0.2) is 0 Å². The lowest BCUT2D eigenvalue weighted by molar-refractivity contribution is -0.139. The summed E-state index contributed by atoms with van der Waals surface area (Å²) in [5.74, 6) is -2.41. The number of aliphatic carboxylic acids is 1. The maximum atomic E-state index is 13.3. The summed E-state index contributed by atoms with van der Waals surface area (Å²) in [5.41, 5.74) is 0. The molecule has 1 aromatic carbocycles. The number of carboxylic acids is 1. The highest BCUT2D eigenvalue weighted by Crippen LogP contribution is 2.14. The number of aliphatic hydroxyl groups is 1. The van der Waals surface area contributed by atoms with E-state index in [-0.39, 0.29) is 6.42 Å². The molecule has 0 unspecified atom stereocenters. The molecule has 0 fully saturated rings. The highest BCUT2D eigenvalue weighted by Gasteiger charge is 2.26. The van der Waals surface area contributed by atoms with E-state index >= 15 is 0 Å². The first-order chi connectivity index (χ1) is 8.38. The predicted octanol–water partition coefficient (Wildman–Crippen LogP) is -0.0604. The van der Waals surface area contributed by atoms with Gasteiger partial charge in [0.1, 0.15) is 16.8 Å². The van der Waals surface area contributed by atoms with E-state index in [1.807, 2.05) is 4.72 Å². The minimum absolute atomic E-state index is 0.303. The highest BCUT2D eigenvalue weighted by atomic mass is 32.2. The monoisotopic (exact) mass is 277 g/mol. The number of sulfonamides is 1. The van der Waals surface area contributed by atoms with Crippen LogP contribution in [0, 0.1) is 5.82 Å². The van der Waals surface area contributed by atoms with Crippen LogP contribution in [0.1, 0.15) is 6.42 Å². The van der Waals surface area contributed by atoms with E-state index in [4.69, 9.17) is 10.2 Å². The van der Waals surface area contributed by atoms with E-state index in [2.05, 4.69) is 0 Å². The van der Waals surface area contributed by atoms with Crippen molar-refractivity contribution >= 4 is 16.0 Å². The first-order valence-electron chi connectivity index (χ1n) is 4.99. The molecule has 1 atom stereocenters. The van der Waals surface area contributed by atoms with Crippen LogP contribution in [0.3, 0.4) is 0 Å². The van der Waals surface area contributed by atoms with Crippen molar-refractivity contribution in [2.75, 3.05) is 6.61 Å². The van der Waals surface area contributed by atoms with Gasteiger partial charge in [0.2, 0.25) is 10.0 Å². The Kier molecular flexibility index (Phi) is 4.76. The number of halogens is 1. The number of nitrogens with one attached hydrogen (secondary N) is 1. The van der Waals surface area contributed by atoms with E-state index < -0.39 is 39.4 Å². The number of hydrogen-bond donors (Lipinski definition) is 3. The summed E-state index contributed by atoms with van der Waals surface area (Å²) in [6.07, 6.45) is -0.303. The average molecular weight is 277 g/mol. The second-order valence-electron chi connectivity index (χ2n) is 3.45. The van der Waals surface area contributed by atoms with E-state index in [1.165, 1.54) is 12.1 Å². The molecule has 0 aliphatic carbocycles. The Morgan fingerprint density at radius 1 is 1.39 bits per heavy atom. The van der Waals surface area contributed by atoms with Gasteiger partial charge in [-0.15, -0.1) is 0 Å². The second kappa shape index (κ2) is 5.89. The molecule has 0 radical (unpaired) electrons. The van der Waals surface area contributed by atoms with Crippen molar-refractivity contribution in [1.29, 1.82) is 0 Å². The van der Waals surface area contributed by atoms with Crippen LogP contribution in [0.2, 0.25) is 0 Å². The third-order valence-electron chi connectivity index (χ3n) is 2.14. The van der Waals surface area contributed by atoms with Crippen LogP contribution in [0.5, 0.6) is 0 Å². The molecule has 0 saturated carbocycles. The first kappa shape index (κ1) is 14.6. The quantitative estimate of drug-likeness (QED) is 0.676. The molecular formula is C10H12FNO5S. The summed E-state index contributed by atoms with van der Waals surface area (Å²) in [4.78, 5) is 10.1. The summed E-state index contributed by atoms with van der Waals surface area (Å²) in [6.45, 7) is -0.503. The Hall–Kier alpha value is -1.51. The van der Waals surface area contributed by atoms with Crippen LogP contribution in [0.25, 0.3) is 0 Å². The van der Waals surface area contributed by atoms with E-state index in [0.717, 1.165) is 12.1 Å². The fourth-order valence-corrected chi connectivity index (χ4v) is 2.58. The molecule has 3 N–H and O–H groups in total. The largest absolute Gasteiger partial charge is 0.480 e. The molecule has 100 valence electrons. The fraction of sp³-hybridized carbons (Fsp3) is 0.300. The molecule has 8 heteroatoms. The number of benzene rings is 1. The van der Waals surface area contributed by atoms with Crippen LogP contribution in [0.4, 0.5) is 4.39 Å². The van der Waals surface area contributed by atoms with Crippen LogP contribution < -0.4 is 4.72 Å². The molecule has 18 heavy (non-hydrogen) atoms. The lowest BCUT2D eigenvalue weighted by atomic mass is 10.2. The van der Waals surface area contributed by atoms with Gasteiger partial charge in [0, 0.05) is 6.61 Å². The summed E-state index contributed by atoms with van der Waals surface area (Å²) >= 11 is 0. The molecule has 0 spiro atoms. The molecule has 0 aliphatic rings. The van der Waals surface area contributed by atoms with Gasteiger partial charge in [0.25, 0.3) is 0 Å².